The number of carbonyl (C=O) groups is 2. The van der Waals surface area contributed by atoms with Crippen molar-refractivity contribution in [2.45, 2.75) is 0 Å². The molecule has 0 aliphatic rings. The van der Waals surface area contributed by atoms with E-state index in [1.54, 1.807) is 0 Å². The van der Waals surface area contributed by atoms with Crippen molar-refractivity contribution in [3.8, 4) is 28.7 Å². The van der Waals surface area contributed by atoms with Gasteiger partial charge in [-0.15, -0.1) is 0 Å². The zero-order valence-electron chi connectivity index (χ0n) is 13.8. The second-order valence-corrected chi connectivity index (χ2v) is 5.48. The van der Waals surface area contributed by atoms with Crippen LogP contribution in [0.15, 0.2) is 66.7 Å². The number of carbonyl (C=O) groups excluding carboxylic acids is 2. The average Bonchev–Trinajstić information content (AvgIpc) is 2.61. The molecule has 0 aliphatic heterocycles. The van der Waals surface area contributed by atoms with Crippen LogP contribution in [0.4, 0.5) is 0 Å². The van der Waals surface area contributed by atoms with E-state index < -0.39 is 17.7 Å². The third kappa shape index (κ3) is 4.16. The van der Waals surface area contributed by atoms with E-state index >= 15 is 0 Å². The third-order valence-corrected chi connectivity index (χ3v) is 3.53. The van der Waals surface area contributed by atoms with Crippen LogP contribution in [-0.2, 0) is 0 Å². The lowest BCUT2D eigenvalue weighted by Crippen LogP contribution is -2.13. The van der Waals surface area contributed by atoms with Gasteiger partial charge in [0.1, 0.15) is 39.9 Å². The summed E-state index contributed by atoms with van der Waals surface area (Å²) in [7, 11) is 0. The average molecular weight is 366 g/mol. The van der Waals surface area contributed by atoms with Gasteiger partial charge in [-0.05, 0) is 36.4 Å². The largest absolute Gasteiger partial charge is 0.508 e. The number of aromatic hydroxyl groups is 3. The van der Waals surface area contributed by atoms with Crippen molar-refractivity contribution in [1.29, 1.82) is 0 Å². The molecule has 0 fully saturated rings. The van der Waals surface area contributed by atoms with Crippen molar-refractivity contribution in [3.05, 3.63) is 77.9 Å². The minimum absolute atomic E-state index is 0.0761. The molecule has 27 heavy (non-hydrogen) atoms. The molecule has 0 heterocycles. The molecule has 3 N–H and O–H groups in total. The number of hydrogen-bond donors (Lipinski definition) is 3. The zero-order chi connectivity index (χ0) is 19.4. The lowest BCUT2D eigenvalue weighted by molar-refractivity contribution is 0.0729. The fourth-order valence-electron chi connectivity index (χ4n) is 2.29. The molecule has 0 spiro atoms. The molecule has 0 saturated carbocycles. The van der Waals surface area contributed by atoms with Gasteiger partial charge in [0, 0.05) is 12.1 Å². The van der Waals surface area contributed by atoms with E-state index in [0.29, 0.717) is 0 Å². The monoisotopic (exact) mass is 366 g/mol. The Kier molecular flexibility index (Phi) is 4.94. The van der Waals surface area contributed by atoms with Crippen molar-refractivity contribution in [1.82, 2.24) is 0 Å². The summed E-state index contributed by atoms with van der Waals surface area (Å²) in [6.07, 6.45) is 0. The van der Waals surface area contributed by atoms with Gasteiger partial charge in [0.15, 0.2) is 0 Å². The Morgan fingerprint density at radius 2 is 1.04 bits per heavy atom. The SMILES string of the molecule is O=C(Oc1cccc(O)c1)c1cccc(C(=O)Oc2cccc(O)c2)c1O. The van der Waals surface area contributed by atoms with Crippen molar-refractivity contribution >= 4 is 11.9 Å². The number of phenolic OH excluding ortho intramolecular Hbond substituents is 3. The molecule has 3 aromatic rings. The first-order valence-corrected chi connectivity index (χ1v) is 7.78. The van der Waals surface area contributed by atoms with Crippen LogP contribution in [0.5, 0.6) is 28.7 Å². The first kappa shape index (κ1) is 17.8. The molecule has 7 nitrogen and oxygen atoms in total. The van der Waals surface area contributed by atoms with Gasteiger partial charge in [-0.1, -0.05) is 18.2 Å². The number of benzene rings is 3. The van der Waals surface area contributed by atoms with Crippen LogP contribution in [0.25, 0.3) is 0 Å². The highest BCUT2D eigenvalue weighted by molar-refractivity contribution is 6.01. The fraction of sp³-hybridized carbons (Fsp3) is 0. The van der Waals surface area contributed by atoms with E-state index in [4.69, 9.17) is 9.47 Å². The molecule has 7 heteroatoms. The molecule has 136 valence electrons. The minimum atomic E-state index is -0.912. The Bertz CT molecular complexity index is 933. The predicted molar refractivity (Wildman–Crippen MR) is 94.2 cm³/mol. The number of ether oxygens (including phenoxy) is 2. The summed E-state index contributed by atoms with van der Waals surface area (Å²) in [5.41, 5.74) is -0.493. The van der Waals surface area contributed by atoms with E-state index in [-0.39, 0.29) is 34.1 Å². The second-order valence-electron chi connectivity index (χ2n) is 5.48. The van der Waals surface area contributed by atoms with Crippen molar-refractivity contribution in [2.75, 3.05) is 0 Å². The lowest BCUT2D eigenvalue weighted by Gasteiger charge is -2.10. The van der Waals surface area contributed by atoms with Gasteiger partial charge in [0.2, 0.25) is 0 Å². The van der Waals surface area contributed by atoms with E-state index in [1.165, 1.54) is 66.7 Å². The topological polar surface area (TPSA) is 113 Å². The standard InChI is InChI=1S/C20H14O7/c21-12-4-1-6-14(10-12)26-19(24)16-8-3-9-17(18(16)23)20(25)27-15-7-2-5-13(22)11-15/h1-11,21-23H. The molecular weight excluding hydrogens is 352 g/mol. The van der Waals surface area contributed by atoms with Gasteiger partial charge in [0.05, 0.1) is 0 Å². The fourth-order valence-corrected chi connectivity index (χ4v) is 2.29. The molecule has 0 saturated heterocycles. The van der Waals surface area contributed by atoms with Crippen LogP contribution in [-0.4, -0.2) is 27.3 Å². The van der Waals surface area contributed by atoms with Gasteiger partial charge in [-0.2, -0.15) is 0 Å². The molecule has 0 unspecified atom stereocenters. The minimum Gasteiger partial charge on any atom is -0.508 e. The van der Waals surface area contributed by atoms with Gasteiger partial charge < -0.3 is 24.8 Å². The van der Waals surface area contributed by atoms with Crippen LogP contribution in [0.2, 0.25) is 0 Å². The highest BCUT2D eigenvalue weighted by Crippen LogP contribution is 2.27. The summed E-state index contributed by atoms with van der Waals surface area (Å²) >= 11 is 0. The first-order chi connectivity index (χ1) is 12.9. The molecule has 0 amide bonds. The van der Waals surface area contributed by atoms with Crippen LogP contribution < -0.4 is 9.47 Å². The zero-order valence-corrected chi connectivity index (χ0v) is 13.8. The number of hydrogen-bond acceptors (Lipinski definition) is 7. The van der Waals surface area contributed by atoms with Crippen LogP contribution in [0.1, 0.15) is 20.7 Å². The Hall–Kier alpha value is -4.00. The third-order valence-electron chi connectivity index (χ3n) is 3.53. The van der Waals surface area contributed by atoms with E-state index in [9.17, 15) is 24.9 Å². The summed E-state index contributed by atoms with van der Waals surface area (Å²) in [6.45, 7) is 0. The highest BCUT2D eigenvalue weighted by atomic mass is 16.5. The second kappa shape index (κ2) is 7.49. The van der Waals surface area contributed by atoms with Crippen molar-refractivity contribution < 1.29 is 34.4 Å². The Morgan fingerprint density at radius 3 is 1.44 bits per heavy atom. The molecule has 0 aromatic heterocycles. The molecular formula is C20H14O7. The van der Waals surface area contributed by atoms with Gasteiger partial charge >= 0.3 is 11.9 Å². The van der Waals surface area contributed by atoms with Crippen molar-refractivity contribution in [3.63, 3.8) is 0 Å². The van der Waals surface area contributed by atoms with Crippen LogP contribution in [0, 0.1) is 0 Å². The summed E-state index contributed by atoms with van der Waals surface area (Å²) in [5.74, 6) is -2.46. The lowest BCUT2D eigenvalue weighted by atomic mass is 10.1. The summed E-state index contributed by atoms with van der Waals surface area (Å²) < 4.78 is 10.2. The number of para-hydroxylation sites is 1. The van der Waals surface area contributed by atoms with E-state index in [1.807, 2.05) is 0 Å². The first-order valence-electron chi connectivity index (χ1n) is 7.78. The number of rotatable bonds is 4. The normalized spacial score (nSPS) is 10.2. The van der Waals surface area contributed by atoms with Crippen LogP contribution in [0.3, 0.4) is 0 Å². The maximum Gasteiger partial charge on any atom is 0.347 e. The molecule has 0 aliphatic carbocycles. The predicted octanol–water partition coefficient (Wildman–Crippen LogP) is 3.24. The summed E-state index contributed by atoms with van der Waals surface area (Å²) in [6, 6.07) is 15.1. The van der Waals surface area contributed by atoms with Gasteiger partial charge in [0.25, 0.3) is 0 Å². The number of esters is 2. The van der Waals surface area contributed by atoms with Crippen molar-refractivity contribution in [2.24, 2.45) is 0 Å². The Balaban J connectivity index is 1.82. The number of phenols is 3. The van der Waals surface area contributed by atoms with Crippen LogP contribution >= 0.6 is 0 Å². The Morgan fingerprint density at radius 1 is 0.630 bits per heavy atom. The molecule has 0 atom stereocenters. The maximum absolute atomic E-state index is 12.3. The Labute approximate surface area is 153 Å². The van der Waals surface area contributed by atoms with E-state index in [0.717, 1.165) is 0 Å². The van der Waals surface area contributed by atoms with Gasteiger partial charge in [-0.25, -0.2) is 9.59 Å². The molecule has 3 aromatic carbocycles. The summed E-state index contributed by atoms with van der Waals surface area (Å²) in [5, 5.41) is 29.1. The molecule has 0 radical (unpaired) electrons. The molecule has 3 rings (SSSR count). The highest BCUT2D eigenvalue weighted by Gasteiger charge is 2.21. The quantitative estimate of drug-likeness (QED) is 0.480. The molecule has 0 bridgehead atoms. The summed E-state index contributed by atoms with van der Waals surface area (Å²) in [4.78, 5) is 24.5. The van der Waals surface area contributed by atoms with Gasteiger partial charge in [-0.3, -0.25) is 0 Å². The smallest absolute Gasteiger partial charge is 0.347 e. The van der Waals surface area contributed by atoms with E-state index in [2.05, 4.69) is 0 Å². The maximum atomic E-state index is 12.3.